The Balaban J connectivity index is 2.58. The summed E-state index contributed by atoms with van der Waals surface area (Å²) in [4.78, 5) is 16.6. The van der Waals surface area contributed by atoms with Crippen molar-refractivity contribution in [2.75, 3.05) is 18.5 Å². The highest BCUT2D eigenvalue weighted by Gasteiger charge is 2.17. The molecule has 2 aromatic rings. The number of aliphatic hydroxyl groups excluding tert-OH is 1. The predicted molar refractivity (Wildman–Crippen MR) is 73.3 cm³/mol. The Hall–Kier alpha value is -2.21. The summed E-state index contributed by atoms with van der Waals surface area (Å²) in [6.07, 6.45) is 1.12. The minimum atomic E-state index is -0.487. The third-order valence-corrected chi connectivity index (χ3v) is 2.87. The molecule has 0 aliphatic heterocycles. The van der Waals surface area contributed by atoms with Crippen LogP contribution in [0.5, 0.6) is 0 Å². The van der Waals surface area contributed by atoms with E-state index in [9.17, 15) is 15.2 Å². The molecule has 6 nitrogen and oxygen atoms in total. The second-order valence-corrected chi connectivity index (χ2v) is 4.49. The highest BCUT2D eigenvalue weighted by atomic mass is 16.6. The van der Waals surface area contributed by atoms with E-state index < -0.39 is 11.0 Å². The van der Waals surface area contributed by atoms with Crippen molar-refractivity contribution in [3.05, 3.63) is 40.6 Å². The lowest BCUT2D eigenvalue weighted by Crippen LogP contribution is -2.27. The fourth-order valence-corrected chi connectivity index (χ4v) is 2.10. The van der Waals surface area contributed by atoms with Gasteiger partial charge >= 0.3 is 0 Å². The van der Waals surface area contributed by atoms with E-state index in [-0.39, 0.29) is 5.69 Å². The van der Waals surface area contributed by atoms with E-state index in [4.69, 9.17) is 0 Å². The Bertz CT molecular complexity index is 613. The zero-order chi connectivity index (χ0) is 14.0. The number of nitro groups is 1. The number of nitro benzene ring substituents is 1. The zero-order valence-electron chi connectivity index (χ0n) is 10.8. The lowest BCUT2D eigenvalue weighted by atomic mass is 10.1. The van der Waals surface area contributed by atoms with Gasteiger partial charge in [0.25, 0.3) is 5.69 Å². The van der Waals surface area contributed by atoms with Crippen molar-refractivity contribution in [1.82, 2.24) is 4.98 Å². The average molecular weight is 261 g/mol. The van der Waals surface area contributed by atoms with Gasteiger partial charge in [0.1, 0.15) is 5.52 Å². The molecule has 0 amide bonds. The molecule has 1 aromatic carbocycles. The molecule has 0 saturated carbocycles. The van der Waals surface area contributed by atoms with E-state index in [1.807, 2.05) is 11.9 Å². The molecule has 1 heterocycles. The molecule has 6 heteroatoms. The van der Waals surface area contributed by atoms with Gasteiger partial charge in [-0.15, -0.1) is 0 Å². The minimum Gasteiger partial charge on any atom is -0.392 e. The molecule has 1 unspecified atom stereocenters. The van der Waals surface area contributed by atoms with Crippen LogP contribution >= 0.6 is 0 Å². The van der Waals surface area contributed by atoms with E-state index >= 15 is 0 Å². The summed E-state index contributed by atoms with van der Waals surface area (Å²) in [7, 11) is 1.82. The standard InChI is InChI=1S/C13H15N3O3/c1-9(17)8-15(2)12-6-5-11(16(18)19)10-4-3-7-14-13(10)12/h3-7,9,17H,8H2,1-2H3. The van der Waals surface area contributed by atoms with Crippen molar-refractivity contribution >= 4 is 22.3 Å². The van der Waals surface area contributed by atoms with Crippen LogP contribution in [0, 0.1) is 10.1 Å². The molecule has 19 heavy (non-hydrogen) atoms. The van der Waals surface area contributed by atoms with Gasteiger partial charge in [-0.05, 0) is 25.1 Å². The fraction of sp³-hybridized carbons (Fsp3) is 0.308. The Labute approximate surface area is 110 Å². The minimum absolute atomic E-state index is 0.0392. The number of hydrogen-bond donors (Lipinski definition) is 1. The van der Waals surface area contributed by atoms with Gasteiger partial charge in [-0.25, -0.2) is 0 Å². The molecule has 0 aliphatic carbocycles. The molecule has 0 aliphatic rings. The van der Waals surface area contributed by atoms with E-state index in [1.54, 1.807) is 31.3 Å². The molecule has 100 valence electrons. The molecular weight excluding hydrogens is 246 g/mol. The summed E-state index contributed by atoms with van der Waals surface area (Å²) in [6.45, 7) is 2.13. The number of aliphatic hydroxyl groups is 1. The van der Waals surface area contributed by atoms with Crippen LogP contribution in [0.15, 0.2) is 30.5 Å². The summed E-state index contributed by atoms with van der Waals surface area (Å²) < 4.78 is 0. The van der Waals surface area contributed by atoms with Crippen molar-refractivity contribution in [2.45, 2.75) is 13.0 Å². The van der Waals surface area contributed by atoms with E-state index in [0.29, 0.717) is 17.4 Å². The number of anilines is 1. The number of aromatic nitrogens is 1. The highest BCUT2D eigenvalue weighted by molar-refractivity contribution is 5.96. The maximum Gasteiger partial charge on any atom is 0.278 e. The van der Waals surface area contributed by atoms with Crippen LogP contribution in [0.1, 0.15) is 6.92 Å². The molecule has 0 fully saturated rings. The van der Waals surface area contributed by atoms with Gasteiger partial charge in [0, 0.05) is 25.9 Å². The van der Waals surface area contributed by atoms with Crippen LogP contribution in [0.2, 0.25) is 0 Å². The summed E-state index contributed by atoms with van der Waals surface area (Å²) in [5.74, 6) is 0. The fourth-order valence-electron chi connectivity index (χ4n) is 2.10. The lowest BCUT2D eigenvalue weighted by Gasteiger charge is -2.21. The van der Waals surface area contributed by atoms with Crippen LogP contribution in [0.25, 0.3) is 10.9 Å². The largest absolute Gasteiger partial charge is 0.392 e. The van der Waals surface area contributed by atoms with Gasteiger partial charge in [0.15, 0.2) is 0 Å². The summed E-state index contributed by atoms with van der Waals surface area (Å²) >= 11 is 0. The van der Waals surface area contributed by atoms with Crippen molar-refractivity contribution in [1.29, 1.82) is 0 Å². The predicted octanol–water partition coefficient (Wildman–Crippen LogP) is 1.96. The average Bonchev–Trinajstić information content (AvgIpc) is 2.36. The summed E-state index contributed by atoms with van der Waals surface area (Å²) in [5.41, 5.74) is 1.37. The first-order valence-corrected chi connectivity index (χ1v) is 5.92. The molecule has 0 saturated heterocycles. The van der Waals surface area contributed by atoms with Crippen LogP contribution in [-0.4, -0.2) is 34.7 Å². The number of benzene rings is 1. The Morgan fingerprint density at radius 2 is 2.21 bits per heavy atom. The maximum atomic E-state index is 11.0. The number of rotatable bonds is 4. The second-order valence-electron chi connectivity index (χ2n) is 4.49. The zero-order valence-corrected chi connectivity index (χ0v) is 10.8. The molecule has 1 aromatic heterocycles. The molecule has 2 rings (SSSR count). The number of non-ortho nitro benzene ring substituents is 1. The van der Waals surface area contributed by atoms with E-state index in [0.717, 1.165) is 5.69 Å². The SMILES string of the molecule is CC(O)CN(C)c1ccc([N+](=O)[O-])c2cccnc12. The van der Waals surface area contributed by atoms with Crippen LogP contribution in [0.4, 0.5) is 11.4 Å². The number of pyridine rings is 1. The Kier molecular flexibility index (Phi) is 3.62. The van der Waals surface area contributed by atoms with Crippen molar-refractivity contribution in [3.63, 3.8) is 0 Å². The smallest absolute Gasteiger partial charge is 0.278 e. The Morgan fingerprint density at radius 3 is 2.84 bits per heavy atom. The van der Waals surface area contributed by atoms with Crippen molar-refractivity contribution in [3.8, 4) is 0 Å². The summed E-state index contributed by atoms with van der Waals surface area (Å²) in [6, 6.07) is 6.49. The van der Waals surface area contributed by atoms with E-state index in [2.05, 4.69) is 4.98 Å². The second kappa shape index (κ2) is 5.19. The van der Waals surface area contributed by atoms with Gasteiger partial charge < -0.3 is 10.0 Å². The van der Waals surface area contributed by atoms with Gasteiger partial charge in [-0.2, -0.15) is 0 Å². The number of fused-ring (bicyclic) bond motifs is 1. The molecule has 0 bridgehead atoms. The van der Waals surface area contributed by atoms with Crippen LogP contribution < -0.4 is 4.90 Å². The Morgan fingerprint density at radius 1 is 1.47 bits per heavy atom. The number of hydrogen-bond acceptors (Lipinski definition) is 5. The number of likely N-dealkylation sites (N-methyl/N-ethyl adjacent to an activating group) is 1. The molecule has 0 radical (unpaired) electrons. The van der Waals surface area contributed by atoms with E-state index in [1.165, 1.54) is 6.07 Å². The highest BCUT2D eigenvalue weighted by Crippen LogP contribution is 2.31. The van der Waals surface area contributed by atoms with Gasteiger partial charge in [0.2, 0.25) is 0 Å². The van der Waals surface area contributed by atoms with Gasteiger partial charge in [-0.1, -0.05) is 0 Å². The van der Waals surface area contributed by atoms with Crippen LogP contribution in [0.3, 0.4) is 0 Å². The van der Waals surface area contributed by atoms with Crippen LogP contribution in [-0.2, 0) is 0 Å². The topological polar surface area (TPSA) is 79.5 Å². The normalized spacial score (nSPS) is 12.4. The van der Waals surface area contributed by atoms with Crippen molar-refractivity contribution < 1.29 is 10.0 Å². The molecule has 1 N–H and O–H groups in total. The number of nitrogens with zero attached hydrogens (tertiary/aromatic N) is 3. The summed E-state index contributed by atoms with van der Waals surface area (Å²) in [5, 5.41) is 20.9. The van der Waals surface area contributed by atoms with Crippen molar-refractivity contribution in [2.24, 2.45) is 0 Å². The monoisotopic (exact) mass is 261 g/mol. The van der Waals surface area contributed by atoms with Gasteiger partial charge in [-0.3, -0.25) is 15.1 Å². The third-order valence-electron chi connectivity index (χ3n) is 2.87. The molecule has 1 atom stereocenters. The first-order valence-electron chi connectivity index (χ1n) is 5.92. The quantitative estimate of drug-likeness (QED) is 0.672. The molecule has 0 spiro atoms. The first kappa shape index (κ1) is 13.2. The lowest BCUT2D eigenvalue weighted by molar-refractivity contribution is -0.383. The maximum absolute atomic E-state index is 11.0. The first-order chi connectivity index (χ1) is 9.00. The van der Waals surface area contributed by atoms with Gasteiger partial charge in [0.05, 0.1) is 22.1 Å². The third kappa shape index (κ3) is 2.63. The molecular formula is C13H15N3O3.